The first-order valence-corrected chi connectivity index (χ1v) is 8.78. The molecule has 110 valence electrons. The summed E-state index contributed by atoms with van der Waals surface area (Å²) in [4.78, 5) is 17.1. The monoisotopic (exact) mass is 378 g/mol. The number of non-ortho nitro benzene ring substituents is 1. The Kier molecular flexibility index (Phi) is 4.39. The molecule has 0 aliphatic rings. The number of hydrogen-bond acceptors (Lipinski definition) is 3. The summed E-state index contributed by atoms with van der Waals surface area (Å²) in [7, 11) is 0. The molecule has 1 heterocycles. The van der Waals surface area contributed by atoms with Gasteiger partial charge in [-0.05, 0) is 0 Å². The molecule has 3 rings (SSSR count). The van der Waals surface area contributed by atoms with E-state index in [1.807, 2.05) is 24.3 Å². The van der Waals surface area contributed by atoms with Crippen molar-refractivity contribution >= 4 is 31.8 Å². The van der Waals surface area contributed by atoms with E-state index >= 15 is 0 Å². The quantitative estimate of drug-likeness (QED) is 0.393. The van der Waals surface area contributed by atoms with Crippen LogP contribution in [0.15, 0.2) is 53.5 Å². The van der Waals surface area contributed by atoms with Crippen molar-refractivity contribution in [1.29, 1.82) is 0 Å². The molecule has 0 radical (unpaired) electrons. The van der Waals surface area contributed by atoms with Crippen LogP contribution in [-0.2, 0) is 6.42 Å². The fourth-order valence-electron chi connectivity index (χ4n) is 2.06. The predicted molar refractivity (Wildman–Crippen MR) is 87.5 cm³/mol. The Morgan fingerprint density at radius 1 is 1.09 bits per heavy atom. The molecule has 0 saturated heterocycles. The molecule has 0 unspecified atom stereocenters. The predicted octanol–water partition coefficient (Wildman–Crippen LogP) is 3.96. The van der Waals surface area contributed by atoms with E-state index in [0.717, 1.165) is 27.8 Å². The molecular formula is C16H11ClN2O2Se. The van der Waals surface area contributed by atoms with Gasteiger partial charge in [0.25, 0.3) is 0 Å². The van der Waals surface area contributed by atoms with E-state index in [1.54, 1.807) is 12.1 Å². The van der Waals surface area contributed by atoms with E-state index in [2.05, 4.69) is 9.92 Å². The number of rotatable bonds is 4. The molecule has 0 atom stereocenters. The summed E-state index contributed by atoms with van der Waals surface area (Å²) in [6, 6.07) is 14.3. The first-order chi connectivity index (χ1) is 10.6. The van der Waals surface area contributed by atoms with Gasteiger partial charge >= 0.3 is 138 Å². The number of hydrogen-bond donors (Lipinski definition) is 0. The molecule has 0 aliphatic heterocycles. The van der Waals surface area contributed by atoms with Crippen molar-refractivity contribution in [2.45, 2.75) is 6.42 Å². The van der Waals surface area contributed by atoms with Crippen LogP contribution in [0.4, 0.5) is 5.69 Å². The van der Waals surface area contributed by atoms with Crippen molar-refractivity contribution < 1.29 is 4.92 Å². The average molecular weight is 378 g/mol. The van der Waals surface area contributed by atoms with Crippen molar-refractivity contribution in [1.82, 2.24) is 4.98 Å². The van der Waals surface area contributed by atoms with Crippen LogP contribution >= 0.6 is 11.6 Å². The molecule has 0 aliphatic carbocycles. The zero-order valence-corrected chi connectivity index (χ0v) is 13.9. The summed E-state index contributed by atoms with van der Waals surface area (Å²) in [5, 5.41) is 11.4. The van der Waals surface area contributed by atoms with E-state index in [1.165, 1.54) is 12.1 Å². The standard InChI is InChI=1S/C16H11ClN2O2Se/c17-13-5-3-12(4-6-13)15-10-22-16(18-15)9-11-1-7-14(8-2-11)19(20)21/h1-8,10H,9H2. The third-order valence-electron chi connectivity index (χ3n) is 3.19. The second-order valence-electron chi connectivity index (χ2n) is 4.73. The Balaban J connectivity index is 1.76. The Morgan fingerprint density at radius 2 is 1.77 bits per heavy atom. The summed E-state index contributed by atoms with van der Waals surface area (Å²) in [6.45, 7) is 0. The zero-order valence-electron chi connectivity index (χ0n) is 11.4. The van der Waals surface area contributed by atoms with E-state index in [9.17, 15) is 10.1 Å². The zero-order chi connectivity index (χ0) is 15.5. The van der Waals surface area contributed by atoms with Gasteiger partial charge in [0, 0.05) is 0 Å². The third-order valence-corrected chi connectivity index (χ3v) is 5.23. The molecule has 0 bridgehead atoms. The van der Waals surface area contributed by atoms with Crippen LogP contribution in [-0.4, -0.2) is 24.4 Å². The van der Waals surface area contributed by atoms with E-state index in [4.69, 9.17) is 11.6 Å². The number of nitro benzene ring substituents is 1. The first kappa shape index (κ1) is 15.0. The van der Waals surface area contributed by atoms with E-state index in [0.29, 0.717) is 5.02 Å². The van der Waals surface area contributed by atoms with Crippen molar-refractivity contribution in [2.24, 2.45) is 0 Å². The minimum atomic E-state index is -0.388. The Labute approximate surface area is 138 Å². The van der Waals surface area contributed by atoms with E-state index < -0.39 is 0 Å². The minimum absolute atomic E-state index is 0.114. The van der Waals surface area contributed by atoms with Gasteiger partial charge < -0.3 is 0 Å². The second-order valence-corrected chi connectivity index (χ2v) is 7.15. The van der Waals surface area contributed by atoms with Gasteiger partial charge in [0.05, 0.1) is 0 Å². The number of nitro groups is 1. The average Bonchev–Trinajstić information content (AvgIpc) is 2.97. The molecule has 0 saturated carbocycles. The fraction of sp³-hybridized carbons (Fsp3) is 0.0625. The van der Waals surface area contributed by atoms with Crippen molar-refractivity contribution in [3.63, 3.8) is 0 Å². The number of aromatic nitrogens is 1. The van der Waals surface area contributed by atoms with Gasteiger partial charge in [-0.2, -0.15) is 0 Å². The van der Waals surface area contributed by atoms with Crippen LogP contribution in [0, 0.1) is 10.1 Å². The summed E-state index contributed by atoms with van der Waals surface area (Å²) < 4.78 is 1.12. The SMILES string of the molecule is O=[N+]([O-])c1ccc(Cc2nc(-c3ccc(Cl)cc3)c[se]2)cc1. The van der Waals surface area contributed by atoms with Crippen molar-refractivity contribution in [3.8, 4) is 11.3 Å². The number of benzene rings is 2. The number of halogens is 1. The Hall–Kier alpha value is -1.94. The summed E-state index contributed by atoms with van der Waals surface area (Å²) in [5.41, 5.74) is 3.19. The third kappa shape index (κ3) is 3.44. The molecule has 0 amide bonds. The van der Waals surface area contributed by atoms with Crippen LogP contribution in [0.25, 0.3) is 11.3 Å². The van der Waals surface area contributed by atoms with Crippen LogP contribution in [0.3, 0.4) is 0 Å². The molecule has 2 aromatic carbocycles. The number of nitrogens with zero attached hydrogens (tertiary/aromatic N) is 2. The molecule has 6 heteroatoms. The molecule has 4 nitrogen and oxygen atoms in total. The summed E-state index contributed by atoms with van der Waals surface area (Å²) in [6.07, 6.45) is 0.728. The van der Waals surface area contributed by atoms with Gasteiger partial charge in [-0.25, -0.2) is 0 Å². The van der Waals surface area contributed by atoms with Gasteiger partial charge in [0.1, 0.15) is 0 Å². The van der Waals surface area contributed by atoms with E-state index in [-0.39, 0.29) is 25.1 Å². The van der Waals surface area contributed by atoms with Gasteiger partial charge in [-0.15, -0.1) is 0 Å². The molecule has 0 N–H and O–H groups in total. The molecule has 0 spiro atoms. The van der Waals surface area contributed by atoms with Crippen LogP contribution in [0.2, 0.25) is 5.02 Å². The molecular weight excluding hydrogens is 367 g/mol. The normalized spacial score (nSPS) is 10.6. The van der Waals surface area contributed by atoms with Gasteiger partial charge in [-0.1, -0.05) is 0 Å². The fourth-order valence-corrected chi connectivity index (χ4v) is 3.94. The molecule has 0 fully saturated rings. The van der Waals surface area contributed by atoms with Crippen molar-refractivity contribution in [3.05, 3.63) is 78.7 Å². The van der Waals surface area contributed by atoms with Gasteiger partial charge in [0.15, 0.2) is 0 Å². The van der Waals surface area contributed by atoms with Crippen LogP contribution < -0.4 is 0 Å². The molecule has 22 heavy (non-hydrogen) atoms. The van der Waals surface area contributed by atoms with Gasteiger partial charge in [-0.3, -0.25) is 0 Å². The topological polar surface area (TPSA) is 56.0 Å². The second kappa shape index (κ2) is 6.44. The Bertz CT molecular complexity index is 798. The first-order valence-electron chi connectivity index (χ1n) is 6.55. The van der Waals surface area contributed by atoms with Gasteiger partial charge in [0.2, 0.25) is 0 Å². The van der Waals surface area contributed by atoms with Crippen molar-refractivity contribution in [2.75, 3.05) is 0 Å². The summed E-state index contributed by atoms with van der Waals surface area (Å²) in [5.74, 6) is 0. The maximum atomic E-state index is 10.6. The molecule has 3 aromatic rings. The maximum absolute atomic E-state index is 10.6. The van der Waals surface area contributed by atoms with Crippen LogP contribution in [0.5, 0.6) is 0 Å². The summed E-state index contributed by atoms with van der Waals surface area (Å²) >= 11 is 6.11. The Morgan fingerprint density at radius 3 is 2.41 bits per heavy atom. The van der Waals surface area contributed by atoms with Crippen LogP contribution in [0.1, 0.15) is 10.1 Å². The molecule has 1 aromatic heterocycles.